The SMILES string of the molecule is Cc1cc(CCC(=O)O)cc(C)c1OCc1ccccc1. The number of ether oxygens (including phenoxy) is 1. The number of rotatable bonds is 6. The van der Waals surface area contributed by atoms with E-state index in [-0.39, 0.29) is 6.42 Å². The lowest BCUT2D eigenvalue weighted by Gasteiger charge is -2.14. The molecule has 0 unspecified atom stereocenters. The Hall–Kier alpha value is -2.29. The van der Waals surface area contributed by atoms with Crippen LogP contribution in [0.2, 0.25) is 0 Å². The Bertz CT molecular complexity index is 595. The molecule has 2 rings (SSSR count). The van der Waals surface area contributed by atoms with E-state index in [0.717, 1.165) is 28.0 Å². The van der Waals surface area contributed by atoms with E-state index >= 15 is 0 Å². The maximum Gasteiger partial charge on any atom is 0.303 e. The number of hydrogen-bond donors (Lipinski definition) is 1. The highest BCUT2D eigenvalue weighted by Gasteiger charge is 2.08. The molecule has 1 N–H and O–H groups in total. The van der Waals surface area contributed by atoms with Gasteiger partial charge in [0.2, 0.25) is 0 Å². The number of benzene rings is 2. The monoisotopic (exact) mass is 284 g/mol. The zero-order valence-corrected chi connectivity index (χ0v) is 12.4. The molecule has 0 spiro atoms. The lowest BCUT2D eigenvalue weighted by Crippen LogP contribution is -2.02. The van der Waals surface area contributed by atoms with Crippen LogP contribution in [0.15, 0.2) is 42.5 Å². The van der Waals surface area contributed by atoms with Gasteiger partial charge in [-0.25, -0.2) is 0 Å². The molecule has 3 heteroatoms. The first-order valence-corrected chi connectivity index (χ1v) is 7.05. The lowest BCUT2D eigenvalue weighted by atomic mass is 10.0. The summed E-state index contributed by atoms with van der Waals surface area (Å²) in [5.74, 6) is 0.118. The van der Waals surface area contributed by atoms with Gasteiger partial charge < -0.3 is 9.84 Å². The molecule has 0 aromatic heterocycles. The van der Waals surface area contributed by atoms with Crippen molar-refractivity contribution in [2.24, 2.45) is 0 Å². The highest BCUT2D eigenvalue weighted by molar-refractivity contribution is 5.67. The number of aryl methyl sites for hydroxylation is 3. The Morgan fingerprint density at radius 3 is 2.24 bits per heavy atom. The fourth-order valence-electron chi connectivity index (χ4n) is 2.39. The first-order chi connectivity index (χ1) is 10.1. The molecule has 0 aliphatic rings. The van der Waals surface area contributed by atoms with Gasteiger partial charge in [-0.3, -0.25) is 4.79 Å². The second kappa shape index (κ2) is 6.93. The summed E-state index contributed by atoms with van der Waals surface area (Å²) in [4.78, 5) is 10.6. The summed E-state index contributed by atoms with van der Waals surface area (Å²) in [7, 11) is 0. The lowest BCUT2D eigenvalue weighted by molar-refractivity contribution is -0.136. The predicted octanol–water partition coefficient (Wildman–Crippen LogP) is 3.90. The minimum Gasteiger partial charge on any atom is -0.488 e. The Labute approximate surface area is 125 Å². The molecule has 0 saturated heterocycles. The van der Waals surface area contributed by atoms with Crippen molar-refractivity contribution in [2.75, 3.05) is 0 Å². The predicted molar refractivity (Wildman–Crippen MR) is 82.6 cm³/mol. The summed E-state index contributed by atoms with van der Waals surface area (Å²) in [6, 6.07) is 14.1. The maximum atomic E-state index is 10.6. The smallest absolute Gasteiger partial charge is 0.303 e. The van der Waals surface area contributed by atoms with Gasteiger partial charge in [0, 0.05) is 6.42 Å². The van der Waals surface area contributed by atoms with Crippen molar-refractivity contribution >= 4 is 5.97 Å². The average molecular weight is 284 g/mol. The normalized spacial score (nSPS) is 10.4. The van der Waals surface area contributed by atoms with Gasteiger partial charge in [0.05, 0.1) is 0 Å². The third kappa shape index (κ3) is 4.35. The molecule has 0 aliphatic carbocycles. The number of hydrogen-bond acceptors (Lipinski definition) is 2. The highest BCUT2D eigenvalue weighted by Crippen LogP contribution is 2.26. The molecule has 0 atom stereocenters. The average Bonchev–Trinajstić information content (AvgIpc) is 2.45. The van der Waals surface area contributed by atoms with E-state index in [9.17, 15) is 4.79 Å². The van der Waals surface area contributed by atoms with Crippen LogP contribution in [0, 0.1) is 13.8 Å². The standard InChI is InChI=1S/C18H20O3/c1-13-10-16(8-9-17(19)20)11-14(2)18(13)21-12-15-6-4-3-5-7-15/h3-7,10-11H,8-9,12H2,1-2H3,(H,19,20). The molecular formula is C18H20O3. The molecule has 21 heavy (non-hydrogen) atoms. The highest BCUT2D eigenvalue weighted by atomic mass is 16.5. The van der Waals surface area contributed by atoms with Crippen LogP contribution in [0.3, 0.4) is 0 Å². The molecule has 0 amide bonds. The van der Waals surface area contributed by atoms with Crippen molar-refractivity contribution in [3.8, 4) is 5.75 Å². The van der Waals surface area contributed by atoms with E-state index in [4.69, 9.17) is 9.84 Å². The van der Waals surface area contributed by atoms with Crippen LogP contribution in [0.5, 0.6) is 5.75 Å². The van der Waals surface area contributed by atoms with Crippen molar-refractivity contribution in [3.63, 3.8) is 0 Å². The summed E-state index contributed by atoms with van der Waals surface area (Å²) in [6.45, 7) is 4.53. The van der Waals surface area contributed by atoms with Gasteiger partial charge >= 0.3 is 5.97 Å². The van der Waals surface area contributed by atoms with Crippen LogP contribution >= 0.6 is 0 Å². The first kappa shape index (κ1) is 15.1. The molecule has 110 valence electrons. The first-order valence-electron chi connectivity index (χ1n) is 7.05. The number of carbonyl (C=O) groups is 1. The second-order valence-electron chi connectivity index (χ2n) is 5.23. The van der Waals surface area contributed by atoms with E-state index in [0.29, 0.717) is 13.0 Å². The largest absolute Gasteiger partial charge is 0.488 e. The summed E-state index contributed by atoms with van der Waals surface area (Å²) in [6.07, 6.45) is 0.707. The van der Waals surface area contributed by atoms with Gasteiger partial charge in [0.25, 0.3) is 0 Å². The summed E-state index contributed by atoms with van der Waals surface area (Å²) in [5.41, 5.74) is 4.27. The van der Waals surface area contributed by atoms with Crippen molar-refractivity contribution in [2.45, 2.75) is 33.3 Å². The van der Waals surface area contributed by atoms with Gasteiger partial charge in [0.1, 0.15) is 12.4 Å². The van der Waals surface area contributed by atoms with Crippen molar-refractivity contribution in [1.82, 2.24) is 0 Å². The van der Waals surface area contributed by atoms with Gasteiger partial charge in [-0.2, -0.15) is 0 Å². The van der Waals surface area contributed by atoms with Crippen LogP contribution in [0.25, 0.3) is 0 Å². The zero-order chi connectivity index (χ0) is 15.2. The Kier molecular flexibility index (Phi) is 4.99. The van der Waals surface area contributed by atoms with E-state index < -0.39 is 5.97 Å². The molecule has 2 aromatic carbocycles. The fourth-order valence-corrected chi connectivity index (χ4v) is 2.39. The van der Waals surface area contributed by atoms with Crippen molar-refractivity contribution < 1.29 is 14.6 Å². The van der Waals surface area contributed by atoms with Gasteiger partial charge in [-0.15, -0.1) is 0 Å². The molecular weight excluding hydrogens is 264 g/mol. The van der Waals surface area contributed by atoms with E-state index in [2.05, 4.69) is 0 Å². The van der Waals surface area contributed by atoms with Crippen LogP contribution in [-0.4, -0.2) is 11.1 Å². The van der Waals surface area contributed by atoms with E-state index in [1.54, 1.807) is 0 Å². The number of aliphatic carboxylic acids is 1. The summed E-state index contributed by atoms with van der Waals surface area (Å²) in [5, 5.41) is 8.75. The molecule has 2 aromatic rings. The maximum absolute atomic E-state index is 10.6. The quantitative estimate of drug-likeness (QED) is 0.875. The van der Waals surface area contributed by atoms with Crippen LogP contribution in [-0.2, 0) is 17.8 Å². The Balaban J connectivity index is 2.08. The molecule has 0 radical (unpaired) electrons. The fraction of sp³-hybridized carbons (Fsp3) is 0.278. The van der Waals surface area contributed by atoms with Gasteiger partial charge in [-0.1, -0.05) is 42.5 Å². The topological polar surface area (TPSA) is 46.5 Å². The second-order valence-corrected chi connectivity index (χ2v) is 5.23. The Morgan fingerprint density at radius 2 is 1.67 bits per heavy atom. The minimum atomic E-state index is -0.769. The van der Waals surface area contributed by atoms with Crippen molar-refractivity contribution in [1.29, 1.82) is 0 Å². The molecule has 0 fully saturated rings. The van der Waals surface area contributed by atoms with E-state index in [1.807, 2.05) is 56.3 Å². The van der Waals surface area contributed by atoms with Gasteiger partial charge in [0.15, 0.2) is 0 Å². The van der Waals surface area contributed by atoms with Crippen LogP contribution in [0.4, 0.5) is 0 Å². The number of carboxylic acids is 1. The van der Waals surface area contributed by atoms with Crippen molar-refractivity contribution in [3.05, 3.63) is 64.7 Å². The summed E-state index contributed by atoms with van der Waals surface area (Å²) >= 11 is 0. The molecule has 0 heterocycles. The van der Waals surface area contributed by atoms with E-state index in [1.165, 1.54) is 0 Å². The summed E-state index contributed by atoms with van der Waals surface area (Å²) < 4.78 is 5.92. The molecule has 0 saturated carbocycles. The van der Waals surface area contributed by atoms with Crippen LogP contribution < -0.4 is 4.74 Å². The third-order valence-electron chi connectivity index (χ3n) is 3.37. The van der Waals surface area contributed by atoms with Gasteiger partial charge in [-0.05, 0) is 42.5 Å². The number of carboxylic acid groups (broad SMARTS) is 1. The molecule has 0 aliphatic heterocycles. The zero-order valence-electron chi connectivity index (χ0n) is 12.4. The molecule has 0 bridgehead atoms. The minimum absolute atomic E-state index is 0.156. The van der Waals surface area contributed by atoms with Crippen LogP contribution in [0.1, 0.15) is 28.7 Å². The molecule has 3 nitrogen and oxygen atoms in total. The third-order valence-corrected chi connectivity index (χ3v) is 3.37. The Morgan fingerprint density at radius 1 is 1.05 bits per heavy atom.